The van der Waals surface area contributed by atoms with Crippen molar-refractivity contribution in [2.24, 2.45) is 0 Å². The lowest BCUT2D eigenvalue weighted by molar-refractivity contribution is 0.191. The molecule has 0 amide bonds. The van der Waals surface area contributed by atoms with Gasteiger partial charge in [-0.25, -0.2) is 21.6 Å². The molecule has 2 aromatic rings. The average Bonchev–Trinajstić information content (AvgIpc) is 2.73. The number of hydrogen-bond donors (Lipinski definition) is 1. The van der Waals surface area contributed by atoms with Crippen LogP contribution in [0.25, 0.3) is 0 Å². The minimum atomic E-state index is -3.60. The van der Waals surface area contributed by atoms with E-state index in [9.17, 15) is 16.8 Å². The third-order valence-corrected chi connectivity index (χ3v) is 10.2. The lowest BCUT2D eigenvalue weighted by Gasteiger charge is -2.34. The number of nitrogens with zero attached hydrogens (tertiary/aromatic N) is 2. The monoisotopic (exact) mass is 493 g/mol. The second-order valence-corrected chi connectivity index (χ2v) is 12.7. The molecule has 0 radical (unpaired) electrons. The maximum absolute atomic E-state index is 13.2. The van der Waals surface area contributed by atoms with Gasteiger partial charge in [-0.2, -0.15) is 4.31 Å². The van der Waals surface area contributed by atoms with E-state index in [1.54, 1.807) is 19.1 Å². The zero-order valence-corrected chi connectivity index (χ0v) is 22.0. The largest absolute Gasteiger partial charge is 0.299 e. The normalized spacial score (nSPS) is 16.3. The van der Waals surface area contributed by atoms with E-state index in [2.05, 4.69) is 9.62 Å². The van der Waals surface area contributed by atoms with Crippen LogP contribution in [0.15, 0.2) is 34.1 Å². The highest BCUT2D eigenvalue weighted by Gasteiger charge is 2.30. The van der Waals surface area contributed by atoms with Gasteiger partial charge in [0.25, 0.3) is 0 Å². The van der Waals surface area contributed by atoms with Crippen molar-refractivity contribution in [1.82, 2.24) is 13.9 Å². The van der Waals surface area contributed by atoms with Crippen LogP contribution in [0, 0.1) is 41.5 Å². The van der Waals surface area contributed by atoms with Crippen LogP contribution in [-0.2, 0) is 20.0 Å². The van der Waals surface area contributed by atoms with Gasteiger partial charge in [-0.05, 0) is 87.1 Å². The summed E-state index contributed by atoms with van der Waals surface area (Å²) in [6.45, 7) is 14.1. The number of rotatable bonds is 7. The minimum Gasteiger partial charge on any atom is -0.299 e. The first kappa shape index (κ1) is 25.8. The van der Waals surface area contributed by atoms with E-state index in [1.807, 2.05) is 46.8 Å². The van der Waals surface area contributed by atoms with Gasteiger partial charge in [0.15, 0.2) is 0 Å². The summed E-state index contributed by atoms with van der Waals surface area (Å²) in [7, 11) is -7.15. The van der Waals surface area contributed by atoms with E-state index in [4.69, 9.17) is 0 Å². The Morgan fingerprint density at radius 1 is 0.667 bits per heavy atom. The van der Waals surface area contributed by atoms with Gasteiger partial charge in [-0.3, -0.25) is 4.90 Å². The summed E-state index contributed by atoms with van der Waals surface area (Å²) in [6.07, 6.45) is 0. The van der Waals surface area contributed by atoms with E-state index in [-0.39, 0.29) is 6.54 Å². The molecule has 2 aromatic carbocycles. The van der Waals surface area contributed by atoms with E-state index < -0.39 is 20.0 Å². The molecule has 7 nitrogen and oxygen atoms in total. The Kier molecular flexibility index (Phi) is 7.70. The lowest BCUT2D eigenvalue weighted by Crippen LogP contribution is -2.50. The zero-order chi connectivity index (χ0) is 24.6. The van der Waals surface area contributed by atoms with Crippen LogP contribution in [-0.4, -0.2) is 65.3 Å². The van der Waals surface area contributed by atoms with Crippen molar-refractivity contribution in [2.45, 2.75) is 51.3 Å². The number of aryl methyl sites for hydroxylation is 6. The molecule has 0 unspecified atom stereocenters. The van der Waals surface area contributed by atoms with Crippen LogP contribution >= 0.6 is 0 Å². The molecule has 3 rings (SSSR count). The number of benzene rings is 2. The molecule has 0 atom stereocenters. The quantitative estimate of drug-likeness (QED) is 0.641. The average molecular weight is 494 g/mol. The van der Waals surface area contributed by atoms with Crippen LogP contribution in [0.3, 0.4) is 0 Å². The molecule has 1 fully saturated rings. The van der Waals surface area contributed by atoms with Gasteiger partial charge >= 0.3 is 0 Å². The SMILES string of the molecule is Cc1cc(C)c(S(=O)(=O)NCCN2CCN(S(=O)(=O)c3cc(C)c(C)cc3C)CC2)cc1C. The van der Waals surface area contributed by atoms with E-state index in [1.165, 1.54) is 4.31 Å². The molecule has 1 saturated heterocycles. The van der Waals surface area contributed by atoms with Crippen molar-refractivity contribution in [3.05, 3.63) is 57.6 Å². The zero-order valence-electron chi connectivity index (χ0n) is 20.4. The molecule has 1 N–H and O–H groups in total. The molecular weight excluding hydrogens is 458 g/mol. The maximum Gasteiger partial charge on any atom is 0.243 e. The standard InChI is InChI=1S/C24H35N3O4S2/c1-17-13-21(5)23(15-19(17)3)32(28,29)25-7-8-26-9-11-27(12-10-26)33(30,31)24-16-20(4)18(2)14-22(24)6/h13-16,25H,7-12H2,1-6H3. The minimum absolute atomic E-state index is 0.276. The number of piperazine rings is 1. The number of nitrogens with one attached hydrogen (secondary N) is 1. The molecular formula is C24H35N3O4S2. The van der Waals surface area contributed by atoms with Gasteiger partial charge in [0.1, 0.15) is 0 Å². The Morgan fingerprint density at radius 3 is 1.67 bits per heavy atom. The molecule has 182 valence electrons. The first-order valence-electron chi connectivity index (χ1n) is 11.2. The molecule has 1 aliphatic heterocycles. The van der Waals surface area contributed by atoms with Crippen LogP contribution in [0.1, 0.15) is 33.4 Å². The topological polar surface area (TPSA) is 86.8 Å². The fourth-order valence-corrected chi connectivity index (χ4v) is 7.23. The third kappa shape index (κ3) is 5.66. The predicted molar refractivity (Wildman–Crippen MR) is 132 cm³/mol. The van der Waals surface area contributed by atoms with E-state index in [0.29, 0.717) is 42.5 Å². The van der Waals surface area contributed by atoms with Crippen LogP contribution in [0.2, 0.25) is 0 Å². The summed E-state index contributed by atoms with van der Waals surface area (Å²) in [4.78, 5) is 2.77. The summed E-state index contributed by atoms with van der Waals surface area (Å²) in [5.41, 5.74) is 5.54. The lowest BCUT2D eigenvalue weighted by atomic mass is 10.1. The molecule has 33 heavy (non-hydrogen) atoms. The second kappa shape index (κ2) is 9.84. The van der Waals surface area contributed by atoms with Crippen molar-refractivity contribution in [1.29, 1.82) is 0 Å². The summed E-state index contributed by atoms with van der Waals surface area (Å²) in [5, 5.41) is 0. The molecule has 0 bridgehead atoms. The highest BCUT2D eigenvalue weighted by atomic mass is 32.2. The molecule has 0 spiro atoms. The number of sulfonamides is 2. The first-order valence-corrected chi connectivity index (χ1v) is 14.1. The van der Waals surface area contributed by atoms with Crippen molar-refractivity contribution in [3.63, 3.8) is 0 Å². The summed E-state index contributed by atoms with van der Waals surface area (Å²) in [5.74, 6) is 0. The van der Waals surface area contributed by atoms with Gasteiger partial charge in [-0.1, -0.05) is 12.1 Å². The molecule has 0 saturated carbocycles. The van der Waals surface area contributed by atoms with Gasteiger partial charge in [0.05, 0.1) is 9.79 Å². The van der Waals surface area contributed by atoms with Crippen molar-refractivity contribution in [3.8, 4) is 0 Å². The Morgan fingerprint density at radius 2 is 1.12 bits per heavy atom. The van der Waals surface area contributed by atoms with Gasteiger partial charge in [0.2, 0.25) is 20.0 Å². The number of hydrogen-bond acceptors (Lipinski definition) is 5. The summed E-state index contributed by atoms with van der Waals surface area (Å²) >= 11 is 0. The first-order chi connectivity index (χ1) is 15.3. The summed E-state index contributed by atoms with van der Waals surface area (Å²) < 4.78 is 56.1. The molecule has 9 heteroatoms. The molecule has 1 heterocycles. The Hall–Kier alpha value is -1.78. The van der Waals surface area contributed by atoms with Crippen LogP contribution < -0.4 is 4.72 Å². The Balaban J connectivity index is 1.58. The fourth-order valence-electron chi connectivity index (χ4n) is 4.18. The Labute approximate surface area is 198 Å². The highest BCUT2D eigenvalue weighted by molar-refractivity contribution is 7.89. The van der Waals surface area contributed by atoms with Crippen LogP contribution in [0.4, 0.5) is 0 Å². The third-order valence-electron chi connectivity index (χ3n) is 6.54. The predicted octanol–water partition coefficient (Wildman–Crippen LogP) is 2.82. The van der Waals surface area contributed by atoms with E-state index in [0.717, 1.165) is 33.4 Å². The highest BCUT2D eigenvalue weighted by Crippen LogP contribution is 2.24. The Bertz CT molecular complexity index is 1240. The van der Waals surface area contributed by atoms with Gasteiger partial charge in [0, 0.05) is 39.3 Å². The van der Waals surface area contributed by atoms with E-state index >= 15 is 0 Å². The van der Waals surface area contributed by atoms with Crippen LogP contribution in [0.5, 0.6) is 0 Å². The summed E-state index contributed by atoms with van der Waals surface area (Å²) in [6, 6.07) is 7.28. The smallest absolute Gasteiger partial charge is 0.243 e. The fraction of sp³-hybridized carbons (Fsp3) is 0.500. The maximum atomic E-state index is 13.2. The van der Waals surface area contributed by atoms with Gasteiger partial charge < -0.3 is 0 Å². The van der Waals surface area contributed by atoms with Crippen molar-refractivity contribution < 1.29 is 16.8 Å². The molecule has 1 aliphatic rings. The van der Waals surface area contributed by atoms with Crippen molar-refractivity contribution >= 4 is 20.0 Å². The van der Waals surface area contributed by atoms with Crippen molar-refractivity contribution in [2.75, 3.05) is 39.3 Å². The van der Waals surface area contributed by atoms with Gasteiger partial charge in [-0.15, -0.1) is 0 Å². The molecule has 0 aliphatic carbocycles. The molecule has 0 aromatic heterocycles. The second-order valence-electron chi connectivity index (χ2n) is 9.05.